The van der Waals surface area contributed by atoms with Gasteiger partial charge in [-0.3, -0.25) is 4.79 Å². The summed E-state index contributed by atoms with van der Waals surface area (Å²) < 4.78 is 32.1. The summed E-state index contributed by atoms with van der Waals surface area (Å²) >= 11 is 5.90. The van der Waals surface area contributed by atoms with Crippen molar-refractivity contribution in [2.24, 2.45) is 5.92 Å². The van der Waals surface area contributed by atoms with Crippen molar-refractivity contribution in [2.45, 2.75) is 17.7 Å². The number of esters is 1. The molecule has 0 saturated carbocycles. The first-order valence-electron chi connectivity index (χ1n) is 9.46. The lowest BCUT2D eigenvalue weighted by Gasteiger charge is -2.31. The zero-order valence-corrected chi connectivity index (χ0v) is 18.2. The van der Waals surface area contributed by atoms with E-state index in [1.165, 1.54) is 35.7 Å². The number of ether oxygens (including phenoxy) is 1. The Labute approximate surface area is 185 Å². The Morgan fingerprint density at radius 1 is 1.19 bits per heavy atom. The van der Waals surface area contributed by atoms with Crippen molar-refractivity contribution in [2.75, 3.05) is 25.5 Å². The summed E-state index contributed by atoms with van der Waals surface area (Å²) in [5.74, 6) is -1.37. The molecule has 31 heavy (non-hydrogen) atoms. The molecule has 1 saturated heterocycles. The van der Waals surface area contributed by atoms with E-state index in [0.717, 1.165) is 0 Å². The quantitative estimate of drug-likeness (QED) is 0.684. The topological polar surface area (TPSA) is 117 Å². The van der Waals surface area contributed by atoms with Crippen molar-refractivity contribution < 1.29 is 22.7 Å². The van der Waals surface area contributed by atoms with Crippen LogP contribution in [0.1, 0.15) is 28.8 Å². The number of nitrogens with zero attached hydrogens (tertiary/aromatic N) is 2. The number of piperidine rings is 1. The summed E-state index contributed by atoms with van der Waals surface area (Å²) in [6.07, 6.45) is 0.647. The molecule has 3 rings (SSSR count). The van der Waals surface area contributed by atoms with Gasteiger partial charge in [-0.25, -0.2) is 13.2 Å². The molecule has 2 aromatic rings. The van der Waals surface area contributed by atoms with Crippen LogP contribution >= 0.6 is 11.6 Å². The van der Waals surface area contributed by atoms with Crippen LogP contribution in [0.5, 0.6) is 0 Å². The maximum absolute atomic E-state index is 13.1. The van der Waals surface area contributed by atoms with Crippen LogP contribution in [0.2, 0.25) is 5.02 Å². The molecule has 8 nitrogen and oxygen atoms in total. The number of nitrogens with one attached hydrogen (secondary N) is 1. The Balaban J connectivity index is 1.69. The molecule has 1 heterocycles. The zero-order valence-electron chi connectivity index (χ0n) is 16.7. The van der Waals surface area contributed by atoms with Gasteiger partial charge in [0, 0.05) is 24.7 Å². The number of hydrogen-bond donors (Lipinski definition) is 1. The number of methoxy groups -OCH3 is 1. The van der Waals surface area contributed by atoms with Crippen LogP contribution in [-0.4, -0.2) is 44.8 Å². The van der Waals surface area contributed by atoms with Crippen LogP contribution in [0.15, 0.2) is 47.4 Å². The van der Waals surface area contributed by atoms with Crippen LogP contribution in [0.4, 0.5) is 5.69 Å². The zero-order chi connectivity index (χ0) is 22.6. The van der Waals surface area contributed by atoms with Crippen molar-refractivity contribution in [3.8, 4) is 6.07 Å². The molecule has 10 heteroatoms. The lowest BCUT2D eigenvalue weighted by Crippen LogP contribution is -2.41. The van der Waals surface area contributed by atoms with Gasteiger partial charge in [0.25, 0.3) is 0 Å². The van der Waals surface area contributed by atoms with E-state index >= 15 is 0 Å². The minimum absolute atomic E-state index is 0.0269. The molecule has 1 aliphatic rings. The Hall–Kier alpha value is -2.93. The second-order valence-corrected chi connectivity index (χ2v) is 9.28. The predicted molar refractivity (Wildman–Crippen MR) is 114 cm³/mol. The average molecular weight is 462 g/mol. The Bertz CT molecular complexity index is 1150. The van der Waals surface area contributed by atoms with Crippen molar-refractivity contribution in [3.63, 3.8) is 0 Å². The number of carbonyl (C=O) groups excluding carboxylic acids is 2. The highest BCUT2D eigenvalue weighted by molar-refractivity contribution is 7.89. The van der Waals surface area contributed by atoms with Crippen LogP contribution < -0.4 is 5.32 Å². The molecule has 1 fully saturated rings. The number of hydrogen-bond acceptors (Lipinski definition) is 6. The third-order valence-electron chi connectivity index (χ3n) is 5.09. The van der Waals surface area contributed by atoms with Crippen molar-refractivity contribution >= 4 is 39.2 Å². The number of halogens is 1. The lowest BCUT2D eigenvalue weighted by atomic mass is 9.97. The molecule has 2 aromatic carbocycles. The number of amides is 1. The van der Waals surface area contributed by atoms with Crippen molar-refractivity contribution in [1.29, 1.82) is 5.26 Å². The van der Waals surface area contributed by atoms with Gasteiger partial charge >= 0.3 is 5.97 Å². The highest BCUT2D eigenvalue weighted by Crippen LogP contribution is 2.27. The lowest BCUT2D eigenvalue weighted by molar-refractivity contribution is -0.120. The molecular weight excluding hydrogens is 442 g/mol. The van der Waals surface area contributed by atoms with Crippen LogP contribution in [0.3, 0.4) is 0 Å². The molecule has 1 amide bonds. The maximum Gasteiger partial charge on any atom is 0.339 e. The van der Waals surface area contributed by atoms with E-state index in [0.29, 0.717) is 23.6 Å². The van der Waals surface area contributed by atoms with Gasteiger partial charge in [0.2, 0.25) is 15.9 Å². The predicted octanol–water partition coefficient (Wildman–Crippen LogP) is 3.04. The number of benzene rings is 2. The number of rotatable bonds is 5. The highest BCUT2D eigenvalue weighted by atomic mass is 35.5. The molecule has 0 aliphatic carbocycles. The molecule has 0 bridgehead atoms. The minimum Gasteiger partial charge on any atom is -0.465 e. The van der Waals surface area contributed by atoms with E-state index in [1.807, 2.05) is 6.07 Å². The molecule has 0 atom stereocenters. The summed E-state index contributed by atoms with van der Waals surface area (Å²) in [7, 11) is -2.73. The SMILES string of the molecule is COC(=O)c1ccccc1S(=O)(=O)N1CCC(C(=O)Nc2ccc(Cl)c(C#N)c2)CC1. The Kier molecular flexibility index (Phi) is 6.95. The van der Waals surface area contributed by atoms with E-state index in [4.69, 9.17) is 16.9 Å². The number of carbonyl (C=O) groups is 2. The van der Waals surface area contributed by atoms with Crippen molar-refractivity contribution in [1.82, 2.24) is 4.31 Å². The normalized spacial score (nSPS) is 15.1. The van der Waals surface area contributed by atoms with Crippen LogP contribution in [-0.2, 0) is 19.6 Å². The standard InChI is InChI=1S/C21H20ClN3O5S/c1-30-21(27)17-4-2-3-5-19(17)31(28,29)25-10-8-14(9-11-25)20(26)24-16-6-7-18(22)15(12-16)13-23/h2-7,12,14H,8-11H2,1H3,(H,24,26). The first-order valence-corrected chi connectivity index (χ1v) is 11.3. The van der Waals surface area contributed by atoms with Gasteiger partial charge in [0.15, 0.2) is 0 Å². The third kappa shape index (κ3) is 4.88. The van der Waals surface area contributed by atoms with E-state index in [-0.39, 0.29) is 40.9 Å². The van der Waals surface area contributed by atoms with Gasteiger partial charge < -0.3 is 10.1 Å². The molecule has 0 unspecified atom stereocenters. The smallest absolute Gasteiger partial charge is 0.339 e. The number of anilines is 1. The van der Waals surface area contributed by atoms with E-state index in [1.54, 1.807) is 18.2 Å². The summed E-state index contributed by atoms with van der Waals surface area (Å²) in [6, 6.07) is 12.5. The summed E-state index contributed by atoms with van der Waals surface area (Å²) in [5.41, 5.74) is 0.679. The van der Waals surface area contributed by atoms with Gasteiger partial charge in [-0.05, 0) is 43.2 Å². The monoisotopic (exact) mass is 461 g/mol. The number of sulfonamides is 1. The Morgan fingerprint density at radius 2 is 1.87 bits per heavy atom. The van der Waals surface area contributed by atoms with Gasteiger partial charge in [-0.15, -0.1) is 0 Å². The fourth-order valence-corrected chi connectivity index (χ4v) is 5.21. The second-order valence-electron chi connectivity index (χ2n) is 6.96. The molecular formula is C21H20ClN3O5S. The fourth-order valence-electron chi connectivity index (χ4n) is 3.40. The molecule has 162 valence electrons. The molecule has 1 N–H and O–H groups in total. The second kappa shape index (κ2) is 9.47. The van der Waals surface area contributed by atoms with Crippen molar-refractivity contribution in [3.05, 3.63) is 58.6 Å². The number of nitriles is 1. The maximum atomic E-state index is 13.1. The van der Waals surface area contributed by atoms with Gasteiger partial charge in [0.05, 0.1) is 28.2 Å². The van der Waals surface area contributed by atoms with Gasteiger partial charge in [0.1, 0.15) is 6.07 Å². The average Bonchev–Trinajstić information content (AvgIpc) is 2.79. The molecule has 0 spiro atoms. The van der Waals surface area contributed by atoms with Crippen LogP contribution in [0, 0.1) is 17.2 Å². The van der Waals surface area contributed by atoms with Gasteiger partial charge in [-0.2, -0.15) is 9.57 Å². The first kappa shape index (κ1) is 22.7. The molecule has 1 aliphatic heterocycles. The first-order chi connectivity index (χ1) is 14.8. The van der Waals surface area contributed by atoms with Crippen LogP contribution in [0.25, 0.3) is 0 Å². The molecule has 0 aromatic heterocycles. The third-order valence-corrected chi connectivity index (χ3v) is 7.38. The van der Waals surface area contributed by atoms with E-state index in [9.17, 15) is 18.0 Å². The minimum atomic E-state index is -3.92. The largest absolute Gasteiger partial charge is 0.465 e. The highest BCUT2D eigenvalue weighted by Gasteiger charge is 2.34. The van der Waals surface area contributed by atoms with E-state index in [2.05, 4.69) is 10.1 Å². The fraction of sp³-hybridized carbons (Fsp3) is 0.286. The summed E-state index contributed by atoms with van der Waals surface area (Å²) in [6.45, 7) is 0.278. The van der Waals surface area contributed by atoms with Gasteiger partial charge in [-0.1, -0.05) is 23.7 Å². The summed E-state index contributed by atoms with van der Waals surface area (Å²) in [4.78, 5) is 24.4. The van der Waals surface area contributed by atoms with E-state index < -0.39 is 16.0 Å². The summed E-state index contributed by atoms with van der Waals surface area (Å²) in [5, 5.41) is 12.1. The Morgan fingerprint density at radius 3 is 2.52 bits per heavy atom. The molecule has 0 radical (unpaired) electrons.